The smallest absolute Gasteiger partial charge is 0.148 e. The normalized spacial score (nSPS) is 10.7. The zero-order valence-electron chi connectivity index (χ0n) is 15.2. The first-order chi connectivity index (χ1) is 11.8. The molecule has 0 N–H and O–H groups in total. The number of hydrogen-bond donors (Lipinski definition) is 0. The van der Waals surface area contributed by atoms with Crippen molar-refractivity contribution in [3.63, 3.8) is 0 Å². The van der Waals surface area contributed by atoms with Gasteiger partial charge in [0.25, 0.3) is 0 Å². The number of benzene rings is 2. The highest BCUT2D eigenvalue weighted by molar-refractivity contribution is 5.92. The Morgan fingerprint density at radius 1 is 0.875 bits per heavy atom. The minimum Gasteiger partial charge on any atom is -0.480 e. The second-order valence-corrected chi connectivity index (χ2v) is 6.48. The molecule has 0 radical (unpaired) electrons. The maximum Gasteiger partial charge on any atom is 0.148 e. The van der Waals surface area contributed by atoms with Crippen LogP contribution < -0.4 is 4.74 Å². The molecule has 0 aliphatic carbocycles. The van der Waals surface area contributed by atoms with E-state index in [-0.39, 0.29) is 0 Å². The summed E-state index contributed by atoms with van der Waals surface area (Å²) in [6.07, 6.45) is 15.1. The number of aryl methyl sites for hydroxylation is 2. The first kappa shape index (κ1) is 18.4. The lowest BCUT2D eigenvalue weighted by molar-refractivity contribution is 0.370. The van der Waals surface area contributed by atoms with Crippen molar-refractivity contribution < 1.29 is 4.74 Å². The van der Waals surface area contributed by atoms with E-state index in [1.54, 1.807) is 0 Å². The van der Waals surface area contributed by atoms with E-state index in [9.17, 15) is 0 Å². The maximum absolute atomic E-state index is 5.97. The molecule has 24 heavy (non-hydrogen) atoms. The van der Waals surface area contributed by atoms with E-state index in [1.807, 2.05) is 0 Å². The van der Waals surface area contributed by atoms with Crippen molar-refractivity contribution in [2.24, 2.45) is 0 Å². The van der Waals surface area contributed by atoms with Crippen LogP contribution in [0.2, 0.25) is 0 Å². The van der Waals surface area contributed by atoms with Crippen LogP contribution in [0.5, 0.6) is 5.75 Å². The van der Waals surface area contributed by atoms with Gasteiger partial charge in [0, 0.05) is 5.39 Å². The number of terminal acetylenes is 1. The molecule has 2 aromatic carbocycles. The second-order valence-electron chi connectivity index (χ2n) is 6.48. The third kappa shape index (κ3) is 4.78. The summed E-state index contributed by atoms with van der Waals surface area (Å²) in [5, 5.41) is 2.54. The van der Waals surface area contributed by atoms with Crippen LogP contribution >= 0.6 is 0 Å². The van der Waals surface area contributed by atoms with Crippen molar-refractivity contribution in [3.05, 3.63) is 41.5 Å². The van der Waals surface area contributed by atoms with E-state index in [1.165, 1.54) is 60.4 Å². The summed E-state index contributed by atoms with van der Waals surface area (Å²) in [6, 6.07) is 11.0. The lowest BCUT2D eigenvalue weighted by Gasteiger charge is -2.17. The molecular formula is C23H30O. The third-order valence-electron chi connectivity index (χ3n) is 4.56. The molecular weight excluding hydrogens is 292 g/mol. The monoisotopic (exact) mass is 322 g/mol. The van der Waals surface area contributed by atoms with Crippen LogP contribution in [0.4, 0.5) is 0 Å². The molecule has 0 aliphatic heterocycles. The van der Waals surface area contributed by atoms with E-state index < -0.39 is 0 Å². The fraction of sp³-hybridized carbons (Fsp3) is 0.478. The van der Waals surface area contributed by atoms with Gasteiger partial charge in [-0.05, 0) is 42.2 Å². The molecule has 0 amide bonds. The predicted molar refractivity (Wildman–Crippen MR) is 105 cm³/mol. The topological polar surface area (TPSA) is 9.23 Å². The highest BCUT2D eigenvalue weighted by Gasteiger charge is 2.13. The average molecular weight is 322 g/mol. The van der Waals surface area contributed by atoms with Crippen molar-refractivity contribution in [1.29, 1.82) is 0 Å². The van der Waals surface area contributed by atoms with E-state index in [0.29, 0.717) is 6.61 Å². The Balaban J connectivity index is 2.42. The first-order valence-corrected chi connectivity index (χ1v) is 9.41. The van der Waals surface area contributed by atoms with Gasteiger partial charge < -0.3 is 4.74 Å². The van der Waals surface area contributed by atoms with Crippen molar-refractivity contribution in [1.82, 2.24) is 0 Å². The number of fused-ring (bicyclic) bond motifs is 1. The molecule has 0 atom stereocenters. The van der Waals surface area contributed by atoms with Crippen LogP contribution in [0.25, 0.3) is 10.8 Å². The first-order valence-electron chi connectivity index (χ1n) is 9.41. The number of rotatable bonds is 10. The molecule has 0 aliphatic rings. The average Bonchev–Trinajstić information content (AvgIpc) is 2.61. The molecule has 0 aromatic heterocycles. The quantitative estimate of drug-likeness (QED) is 0.367. The Kier molecular flexibility index (Phi) is 7.69. The van der Waals surface area contributed by atoms with Crippen molar-refractivity contribution >= 4 is 10.8 Å². The summed E-state index contributed by atoms with van der Waals surface area (Å²) in [6.45, 7) is 4.83. The molecule has 0 heterocycles. The van der Waals surface area contributed by atoms with Crippen LogP contribution in [0.15, 0.2) is 30.3 Å². The Hall–Kier alpha value is -1.94. The molecule has 0 bridgehead atoms. The van der Waals surface area contributed by atoms with Gasteiger partial charge in [-0.3, -0.25) is 0 Å². The molecule has 128 valence electrons. The standard InChI is InChI=1S/C23H30O/c1-4-7-9-13-19-18-20(14-10-8-5-2)23(24-17-6-3)22-16-12-11-15-21(19)22/h3,11-12,15-16,18H,4-5,7-10,13-14,17H2,1-2H3. The summed E-state index contributed by atoms with van der Waals surface area (Å²) in [7, 11) is 0. The molecule has 0 unspecified atom stereocenters. The van der Waals surface area contributed by atoms with Gasteiger partial charge >= 0.3 is 0 Å². The minimum absolute atomic E-state index is 0.333. The Bertz CT molecular complexity index is 678. The fourth-order valence-electron chi connectivity index (χ4n) is 3.30. The van der Waals surface area contributed by atoms with E-state index >= 15 is 0 Å². The zero-order chi connectivity index (χ0) is 17.2. The maximum atomic E-state index is 5.97. The summed E-state index contributed by atoms with van der Waals surface area (Å²) in [5.41, 5.74) is 2.78. The van der Waals surface area contributed by atoms with Crippen LogP contribution in [-0.4, -0.2) is 6.61 Å². The van der Waals surface area contributed by atoms with E-state index in [2.05, 4.69) is 50.1 Å². The van der Waals surface area contributed by atoms with Gasteiger partial charge in [-0.25, -0.2) is 0 Å². The Labute approximate surface area is 147 Å². The molecule has 2 aromatic rings. The second kappa shape index (κ2) is 10.0. The van der Waals surface area contributed by atoms with Crippen LogP contribution in [0.1, 0.15) is 63.5 Å². The highest BCUT2D eigenvalue weighted by atomic mass is 16.5. The third-order valence-corrected chi connectivity index (χ3v) is 4.56. The molecule has 0 spiro atoms. The predicted octanol–water partition coefficient (Wildman–Crippen LogP) is 6.32. The van der Waals surface area contributed by atoms with Gasteiger partial charge in [0.05, 0.1) is 0 Å². The molecule has 1 nitrogen and oxygen atoms in total. The van der Waals surface area contributed by atoms with Crippen molar-refractivity contribution in [2.45, 2.75) is 65.2 Å². The summed E-state index contributed by atoms with van der Waals surface area (Å²) in [4.78, 5) is 0. The molecule has 1 heteroatoms. The summed E-state index contributed by atoms with van der Waals surface area (Å²) in [5.74, 6) is 3.61. The largest absolute Gasteiger partial charge is 0.480 e. The fourth-order valence-corrected chi connectivity index (χ4v) is 3.30. The number of hydrogen-bond acceptors (Lipinski definition) is 1. The SMILES string of the molecule is C#CCOc1c(CCCCC)cc(CCCCC)c2ccccc12. The van der Waals surface area contributed by atoms with Gasteiger partial charge in [-0.1, -0.05) is 75.8 Å². The molecule has 0 fully saturated rings. The van der Waals surface area contributed by atoms with Gasteiger partial charge in [-0.15, -0.1) is 6.42 Å². The van der Waals surface area contributed by atoms with Gasteiger partial charge in [0.2, 0.25) is 0 Å². The minimum atomic E-state index is 0.333. The van der Waals surface area contributed by atoms with E-state index in [0.717, 1.165) is 18.6 Å². The number of ether oxygens (including phenoxy) is 1. The lowest BCUT2D eigenvalue weighted by Crippen LogP contribution is -2.02. The Morgan fingerprint density at radius 3 is 2.12 bits per heavy atom. The van der Waals surface area contributed by atoms with Gasteiger partial charge in [0.1, 0.15) is 12.4 Å². The highest BCUT2D eigenvalue weighted by Crippen LogP contribution is 2.34. The van der Waals surface area contributed by atoms with Crippen molar-refractivity contribution in [2.75, 3.05) is 6.61 Å². The van der Waals surface area contributed by atoms with Gasteiger partial charge in [-0.2, -0.15) is 0 Å². The lowest BCUT2D eigenvalue weighted by atomic mass is 9.93. The Morgan fingerprint density at radius 2 is 1.50 bits per heavy atom. The summed E-state index contributed by atoms with van der Waals surface area (Å²) >= 11 is 0. The van der Waals surface area contributed by atoms with Gasteiger partial charge in [0.15, 0.2) is 0 Å². The van der Waals surface area contributed by atoms with Crippen LogP contribution in [-0.2, 0) is 12.8 Å². The van der Waals surface area contributed by atoms with Crippen molar-refractivity contribution in [3.8, 4) is 18.1 Å². The molecule has 0 saturated carbocycles. The number of unbranched alkanes of at least 4 members (excludes halogenated alkanes) is 4. The molecule has 2 rings (SSSR count). The molecule has 0 saturated heterocycles. The van der Waals surface area contributed by atoms with Crippen LogP contribution in [0.3, 0.4) is 0 Å². The summed E-state index contributed by atoms with van der Waals surface area (Å²) < 4.78 is 5.97. The van der Waals surface area contributed by atoms with Crippen LogP contribution in [0, 0.1) is 12.3 Å². The van der Waals surface area contributed by atoms with E-state index in [4.69, 9.17) is 11.2 Å². The zero-order valence-corrected chi connectivity index (χ0v) is 15.2.